The van der Waals surface area contributed by atoms with E-state index in [0.29, 0.717) is 17.7 Å². The van der Waals surface area contributed by atoms with Crippen LogP contribution in [0.3, 0.4) is 0 Å². The summed E-state index contributed by atoms with van der Waals surface area (Å²) in [5.41, 5.74) is 10.6. The quantitative estimate of drug-likeness (QED) is 0.576. The van der Waals surface area contributed by atoms with Crippen molar-refractivity contribution in [3.05, 3.63) is 94.0 Å². The maximum absolute atomic E-state index is 12.6. The van der Waals surface area contributed by atoms with Crippen molar-refractivity contribution in [2.45, 2.75) is 6.42 Å². The molecule has 2 nitrogen and oxygen atoms in total. The number of ketones is 1. The van der Waals surface area contributed by atoms with E-state index >= 15 is 0 Å². The summed E-state index contributed by atoms with van der Waals surface area (Å²) in [7, 11) is 0. The van der Waals surface area contributed by atoms with Gasteiger partial charge in [0.05, 0.1) is 0 Å². The highest BCUT2D eigenvalue weighted by Gasteiger charge is 2.10. The third-order valence-corrected chi connectivity index (χ3v) is 4.47. The van der Waals surface area contributed by atoms with Gasteiger partial charge in [0.2, 0.25) is 0 Å². The lowest BCUT2D eigenvalue weighted by molar-refractivity contribution is 0.103. The molecule has 3 aromatic rings. The lowest BCUT2D eigenvalue weighted by Gasteiger charge is -2.09. The second kappa shape index (κ2) is 8.95. The monoisotopic (exact) mass is 415 g/mol. The van der Waals surface area contributed by atoms with Gasteiger partial charge in [0.15, 0.2) is 5.78 Å². The van der Waals surface area contributed by atoms with E-state index in [1.807, 2.05) is 60.7 Å². The molecule has 0 amide bonds. The Bertz CT molecular complexity index is 862. The molecule has 0 aliphatic rings. The molecule has 0 saturated carbocycles. The van der Waals surface area contributed by atoms with Crippen molar-refractivity contribution in [1.29, 1.82) is 0 Å². The molecular weight excluding hydrogens is 398 g/mol. The number of hydrogen-bond acceptors (Lipinski definition) is 2. The highest BCUT2D eigenvalue weighted by molar-refractivity contribution is 9.10. The standard InChI is InChI=1S/C21H18BrNO.ClH/c22-19-6-3-5-18(14-19)21(24)17-10-8-16(9-11-17)20-7-2-1-4-15(20)12-13-23;/h1-11,14H,12-13,23H2;1H. The highest BCUT2D eigenvalue weighted by atomic mass is 79.9. The van der Waals surface area contributed by atoms with Crippen molar-refractivity contribution < 1.29 is 4.79 Å². The number of benzene rings is 3. The fourth-order valence-corrected chi connectivity index (χ4v) is 3.17. The minimum atomic E-state index is 0. The van der Waals surface area contributed by atoms with Crippen LogP contribution in [-0.4, -0.2) is 12.3 Å². The molecule has 0 radical (unpaired) electrons. The largest absolute Gasteiger partial charge is 0.330 e. The Morgan fingerprint density at radius 3 is 2.28 bits per heavy atom. The number of carbonyl (C=O) groups is 1. The number of rotatable bonds is 5. The maximum atomic E-state index is 12.6. The molecule has 0 heterocycles. The second-order valence-electron chi connectivity index (χ2n) is 5.61. The Morgan fingerprint density at radius 2 is 1.60 bits per heavy atom. The molecule has 0 fully saturated rings. The molecule has 0 aromatic heterocycles. The van der Waals surface area contributed by atoms with Crippen molar-refractivity contribution >= 4 is 34.1 Å². The third kappa shape index (κ3) is 4.57. The number of halogens is 2. The molecule has 0 atom stereocenters. The van der Waals surface area contributed by atoms with E-state index in [9.17, 15) is 4.79 Å². The zero-order valence-corrected chi connectivity index (χ0v) is 16.0. The van der Waals surface area contributed by atoms with Gasteiger partial charge in [0, 0.05) is 15.6 Å². The van der Waals surface area contributed by atoms with Crippen LogP contribution < -0.4 is 5.73 Å². The zero-order chi connectivity index (χ0) is 16.9. The first-order chi connectivity index (χ1) is 11.7. The van der Waals surface area contributed by atoms with E-state index in [0.717, 1.165) is 16.5 Å². The summed E-state index contributed by atoms with van der Waals surface area (Å²) < 4.78 is 0.903. The predicted octanol–water partition coefficient (Wildman–Crippen LogP) is 5.27. The number of hydrogen-bond donors (Lipinski definition) is 1. The van der Waals surface area contributed by atoms with Gasteiger partial charge in [0.25, 0.3) is 0 Å². The van der Waals surface area contributed by atoms with Gasteiger partial charge in [-0.05, 0) is 41.8 Å². The fourth-order valence-electron chi connectivity index (χ4n) is 2.77. The molecule has 0 spiro atoms. The first-order valence-corrected chi connectivity index (χ1v) is 8.67. The minimum absolute atomic E-state index is 0. The molecule has 25 heavy (non-hydrogen) atoms. The van der Waals surface area contributed by atoms with E-state index in [1.54, 1.807) is 0 Å². The SMILES string of the molecule is Cl.NCCc1ccccc1-c1ccc(C(=O)c2cccc(Br)c2)cc1. The molecule has 2 N–H and O–H groups in total. The molecule has 128 valence electrons. The van der Waals surface area contributed by atoms with Crippen LogP contribution in [0.5, 0.6) is 0 Å². The van der Waals surface area contributed by atoms with Crippen LogP contribution in [0.1, 0.15) is 21.5 Å². The summed E-state index contributed by atoms with van der Waals surface area (Å²) in [6.07, 6.45) is 0.842. The van der Waals surface area contributed by atoms with Crippen LogP contribution in [-0.2, 0) is 6.42 Å². The van der Waals surface area contributed by atoms with Crippen molar-refractivity contribution in [3.8, 4) is 11.1 Å². The molecule has 0 saturated heterocycles. The summed E-state index contributed by atoms with van der Waals surface area (Å²) in [6, 6.07) is 23.5. The van der Waals surface area contributed by atoms with E-state index in [2.05, 4.69) is 28.1 Å². The van der Waals surface area contributed by atoms with Gasteiger partial charge in [-0.1, -0.05) is 76.6 Å². The van der Waals surface area contributed by atoms with Gasteiger partial charge in [-0.15, -0.1) is 12.4 Å². The Labute approximate surface area is 162 Å². The normalized spacial score (nSPS) is 10.2. The van der Waals surface area contributed by atoms with Crippen molar-refractivity contribution in [2.24, 2.45) is 5.73 Å². The Kier molecular flexibility index (Phi) is 6.94. The van der Waals surface area contributed by atoms with E-state index in [-0.39, 0.29) is 18.2 Å². The van der Waals surface area contributed by atoms with Crippen LogP contribution in [0.2, 0.25) is 0 Å². The Balaban J connectivity index is 0.00000225. The van der Waals surface area contributed by atoms with Gasteiger partial charge in [-0.2, -0.15) is 0 Å². The van der Waals surface area contributed by atoms with Gasteiger partial charge in [-0.25, -0.2) is 0 Å². The smallest absolute Gasteiger partial charge is 0.193 e. The van der Waals surface area contributed by atoms with Gasteiger partial charge < -0.3 is 5.73 Å². The summed E-state index contributed by atoms with van der Waals surface area (Å²) in [5.74, 6) is 0.0260. The lowest BCUT2D eigenvalue weighted by atomic mass is 9.95. The maximum Gasteiger partial charge on any atom is 0.193 e. The van der Waals surface area contributed by atoms with Gasteiger partial charge in [-0.3, -0.25) is 4.79 Å². The lowest BCUT2D eigenvalue weighted by Crippen LogP contribution is -2.04. The Morgan fingerprint density at radius 1 is 0.880 bits per heavy atom. The topological polar surface area (TPSA) is 43.1 Å². The van der Waals surface area contributed by atoms with Crippen LogP contribution in [0.15, 0.2) is 77.3 Å². The van der Waals surface area contributed by atoms with Crippen LogP contribution in [0.4, 0.5) is 0 Å². The molecule has 0 unspecified atom stereocenters. The van der Waals surface area contributed by atoms with Crippen molar-refractivity contribution in [2.75, 3.05) is 6.54 Å². The molecule has 0 bridgehead atoms. The first-order valence-electron chi connectivity index (χ1n) is 7.87. The van der Waals surface area contributed by atoms with E-state index < -0.39 is 0 Å². The van der Waals surface area contributed by atoms with Gasteiger partial charge >= 0.3 is 0 Å². The summed E-state index contributed by atoms with van der Waals surface area (Å²) in [4.78, 5) is 12.6. The third-order valence-electron chi connectivity index (χ3n) is 3.98. The van der Waals surface area contributed by atoms with Crippen LogP contribution in [0.25, 0.3) is 11.1 Å². The number of carbonyl (C=O) groups excluding carboxylic acids is 1. The summed E-state index contributed by atoms with van der Waals surface area (Å²) in [5, 5.41) is 0. The fraction of sp³-hybridized carbons (Fsp3) is 0.0952. The van der Waals surface area contributed by atoms with Gasteiger partial charge in [0.1, 0.15) is 0 Å². The van der Waals surface area contributed by atoms with Crippen LogP contribution >= 0.6 is 28.3 Å². The van der Waals surface area contributed by atoms with Crippen molar-refractivity contribution in [3.63, 3.8) is 0 Å². The van der Waals surface area contributed by atoms with E-state index in [4.69, 9.17) is 5.73 Å². The second-order valence-corrected chi connectivity index (χ2v) is 6.53. The number of nitrogens with two attached hydrogens (primary N) is 1. The molecule has 0 aliphatic carbocycles. The predicted molar refractivity (Wildman–Crippen MR) is 109 cm³/mol. The average molecular weight is 417 g/mol. The molecule has 3 rings (SSSR count). The first kappa shape index (κ1) is 19.4. The molecule has 4 heteroatoms. The summed E-state index contributed by atoms with van der Waals surface area (Å²) >= 11 is 3.41. The molecular formula is C21H19BrClNO. The van der Waals surface area contributed by atoms with Crippen molar-refractivity contribution in [1.82, 2.24) is 0 Å². The minimum Gasteiger partial charge on any atom is -0.330 e. The molecule has 0 aliphatic heterocycles. The Hall–Kier alpha value is -1.94. The highest BCUT2D eigenvalue weighted by Crippen LogP contribution is 2.25. The van der Waals surface area contributed by atoms with E-state index in [1.165, 1.54) is 11.1 Å². The van der Waals surface area contributed by atoms with Crippen LogP contribution in [0, 0.1) is 0 Å². The average Bonchev–Trinajstić information content (AvgIpc) is 2.62. The summed E-state index contributed by atoms with van der Waals surface area (Å²) in [6.45, 7) is 0.621. The molecule has 3 aromatic carbocycles. The zero-order valence-electron chi connectivity index (χ0n) is 13.6.